The van der Waals surface area contributed by atoms with Crippen LogP contribution >= 0.6 is 0 Å². The highest BCUT2D eigenvalue weighted by Gasteiger charge is 2.34. The lowest BCUT2D eigenvalue weighted by Gasteiger charge is -2.27. The van der Waals surface area contributed by atoms with Crippen LogP contribution in [-0.4, -0.2) is 16.7 Å². The van der Waals surface area contributed by atoms with E-state index in [9.17, 15) is 0 Å². The zero-order valence-corrected chi connectivity index (χ0v) is 12.9. The molecule has 0 unspecified atom stereocenters. The Kier molecular flexibility index (Phi) is 4.96. The Morgan fingerprint density at radius 1 is 1.14 bits per heavy atom. The predicted octanol–water partition coefficient (Wildman–Crippen LogP) is 3.29. The summed E-state index contributed by atoms with van der Waals surface area (Å²) in [7, 11) is 0. The summed E-state index contributed by atoms with van der Waals surface area (Å²) < 4.78 is 11.3. The Morgan fingerprint density at radius 2 is 1.81 bits per heavy atom. The highest BCUT2D eigenvalue weighted by molar-refractivity contribution is 5.39. The summed E-state index contributed by atoms with van der Waals surface area (Å²) in [5, 5.41) is 4.13. The quantitative estimate of drug-likeness (QED) is 0.792. The van der Waals surface area contributed by atoms with Gasteiger partial charge >= 0.3 is 0 Å². The molecule has 2 rings (SSSR count). The second kappa shape index (κ2) is 6.72. The number of hydrogen-bond donors (Lipinski definition) is 1. The molecule has 5 nitrogen and oxygen atoms in total. The Labute approximate surface area is 125 Å². The maximum atomic E-state index is 5.89. The van der Waals surface area contributed by atoms with E-state index in [-0.39, 0.29) is 0 Å². The van der Waals surface area contributed by atoms with Crippen molar-refractivity contribution < 1.29 is 9.26 Å². The molecule has 0 radical (unpaired) electrons. The topological polar surface area (TPSA) is 74.2 Å². The molecule has 0 aliphatic carbocycles. The number of anilines is 1. The van der Waals surface area contributed by atoms with Crippen LogP contribution in [-0.2, 0) is 16.8 Å². The van der Waals surface area contributed by atoms with E-state index in [2.05, 4.69) is 24.0 Å². The SMILES string of the molecule is CCOC(CC)(CC)c1noc(Cc2ccc(N)cc2)n1. The summed E-state index contributed by atoms with van der Waals surface area (Å²) >= 11 is 0. The molecule has 0 fully saturated rings. The van der Waals surface area contributed by atoms with Gasteiger partial charge in [-0.1, -0.05) is 31.1 Å². The average Bonchev–Trinajstić information content (AvgIpc) is 2.96. The molecule has 0 spiro atoms. The van der Waals surface area contributed by atoms with Gasteiger partial charge in [-0.05, 0) is 37.5 Å². The molecular formula is C16H23N3O2. The van der Waals surface area contributed by atoms with Crippen molar-refractivity contribution >= 4 is 5.69 Å². The van der Waals surface area contributed by atoms with Crippen LogP contribution in [0.4, 0.5) is 5.69 Å². The Morgan fingerprint density at radius 3 is 2.38 bits per heavy atom. The van der Waals surface area contributed by atoms with Crippen molar-refractivity contribution in [2.45, 2.75) is 45.6 Å². The van der Waals surface area contributed by atoms with Gasteiger partial charge in [-0.2, -0.15) is 4.98 Å². The second-order valence-corrected chi connectivity index (χ2v) is 5.06. The van der Waals surface area contributed by atoms with Crippen LogP contribution < -0.4 is 5.73 Å². The Hall–Kier alpha value is -1.88. The molecule has 0 saturated heterocycles. The number of ether oxygens (including phenoxy) is 1. The normalized spacial score (nSPS) is 11.8. The molecule has 0 amide bonds. The molecule has 5 heteroatoms. The average molecular weight is 289 g/mol. The summed E-state index contributed by atoms with van der Waals surface area (Å²) in [6.07, 6.45) is 2.24. The summed E-state index contributed by atoms with van der Waals surface area (Å²) in [4.78, 5) is 4.53. The van der Waals surface area contributed by atoms with Crippen LogP contribution in [0.3, 0.4) is 0 Å². The lowest BCUT2D eigenvalue weighted by atomic mass is 9.96. The zero-order chi connectivity index (χ0) is 15.3. The first-order valence-corrected chi connectivity index (χ1v) is 7.45. The molecule has 0 saturated carbocycles. The van der Waals surface area contributed by atoms with Gasteiger partial charge in [-0.15, -0.1) is 0 Å². The van der Waals surface area contributed by atoms with Crippen LogP contribution in [0.1, 0.15) is 50.9 Å². The first-order valence-electron chi connectivity index (χ1n) is 7.45. The van der Waals surface area contributed by atoms with Gasteiger partial charge in [0.25, 0.3) is 0 Å². The molecule has 114 valence electrons. The van der Waals surface area contributed by atoms with E-state index < -0.39 is 5.60 Å². The smallest absolute Gasteiger partial charge is 0.231 e. The van der Waals surface area contributed by atoms with Gasteiger partial charge in [-0.3, -0.25) is 0 Å². The zero-order valence-electron chi connectivity index (χ0n) is 12.9. The van der Waals surface area contributed by atoms with Gasteiger partial charge in [0, 0.05) is 12.3 Å². The van der Waals surface area contributed by atoms with Gasteiger partial charge in [0.05, 0.1) is 6.42 Å². The van der Waals surface area contributed by atoms with Crippen molar-refractivity contribution in [3.05, 3.63) is 41.5 Å². The number of benzene rings is 1. The van der Waals surface area contributed by atoms with Gasteiger partial charge in [-0.25, -0.2) is 0 Å². The highest BCUT2D eigenvalue weighted by atomic mass is 16.5. The van der Waals surface area contributed by atoms with E-state index >= 15 is 0 Å². The number of aromatic nitrogens is 2. The third-order valence-corrected chi connectivity index (χ3v) is 3.77. The maximum Gasteiger partial charge on any atom is 0.231 e. The van der Waals surface area contributed by atoms with Crippen molar-refractivity contribution in [2.24, 2.45) is 0 Å². The third kappa shape index (κ3) is 3.42. The molecule has 2 aromatic rings. The molecule has 21 heavy (non-hydrogen) atoms. The highest BCUT2D eigenvalue weighted by Crippen LogP contribution is 2.31. The fourth-order valence-electron chi connectivity index (χ4n) is 2.43. The molecule has 0 aliphatic heterocycles. The Balaban J connectivity index is 2.18. The number of rotatable bonds is 7. The first kappa shape index (κ1) is 15.5. The van der Waals surface area contributed by atoms with E-state index in [1.807, 2.05) is 31.2 Å². The molecule has 1 aromatic carbocycles. The number of nitrogen functional groups attached to an aromatic ring is 1. The van der Waals surface area contributed by atoms with Crippen molar-refractivity contribution in [3.8, 4) is 0 Å². The standard InChI is InChI=1S/C16H23N3O2/c1-4-16(5-2,20-6-3)15-18-14(21-19-15)11-12-7-9-13(17)10-8-12/h7-10H,4-6,11,17H2,1-3H3. The van der Waals surface area contributed by atoms with Crippen LogP contribution in [0.5, 0.6) is 0 Å². The minimum absolute atomic E-state index is 0.447. The number of nitrogens with two attached hydrogens (primary N) is 1. The van der Waals surface area contributed by atoms with Crippen LogP contribution in [0.2, 0.25) is 0 Å². The summed E-state index contributed by atoms with van der Waals surface area (Å²) in [5.41, 5.74) is 7.08. The van der Waals surface area contributed by atoms with Crippen LogP contribution in [0.15, 0.2) is 28.8 Å². The lowest BCUT2D eigenvalue weighted by Crippen LogP contribution is -2.29. The summed E-state index contributed by atoms with van der Waals surface area (Å²) in [6.45, 7) is 6.77. The van der Waals surface area contributed by atoms with Gasteiger partial charge in [0.2, 0.25) is 11.7 Å². The molecule has 1 aromatic heterocycles. The van der Waals surface area contributed by atoms with Crippen LogP contribution in [0.25, 0.3) is 0 Å². The maximum absolute atomic E-state index is 5.89. The second-order valence-electron chi connectivity index (χ2n) is 5.06. The van der Waals surface area contributed by atoms with Crippen molar-refractivity contribution in [1.82, 2.24) is 10.1 Å². The van der Waals surface area contributed by atoms with Crippen molar-refractivity contribution in [3.63, 3.8) is 0 Å². The first-order chi connectivity index (χ1) is 10.1. The van der Waals surface area contributed by atoms with E-state index in [4.69, 9.17) is 15.0 Å². The summed E-state index contributed by atoms with van der Waals surface area (Å²) in [5.74, 6) is 1.24. The molecule has 0 bridgehead atoms. The Bertz CT molecular complexity index is 559. The molecule has 1 heterocycles. The third-order valence-electron chi connectivity index (χ3n) is 3.77. The minimum atomic E-state index is -0.447. The fourth-order valence-corrected chi connectivity index (χ4v) is 2.43. The van der Waals surface area contributed by atoms with Crippen molar-refractivity contribution in [2.75, 3.05) is 12.3 Å². The molecule has 0 aliphatic rings. The predicted molar refractivity (Wildman–Crippen MR) is 81.8 cm³/mol. The largest absolute Gasteiger partial charge is 0.399 e. The number of nitrogens with zero attached hydrogens (tertiary/aromatic N) is 2. The molecule has 2 N–H and O–H groups in total. The minimum Gasteiger partial charge on any atom is -0.399 e. The van der Waals surface area contributed by atoms with Crippen molar-refractivity contribution in [1.29, 1.82) is 0 Å². The summed E-state index contributed by atoms with van der Waals surface area (Å²) in [6, 6.07) is 7.67. The van der Waals surface area contributed by atoms with E-state index in [0.717, 1.165) is 24.1 Å². The fraction of sp³-hybridized carbons (Fsp3) is 0.500. The lowest BCUT2D eigenvalue weighted by molar-refractivity contribution is -0.0583. The van der Waals surface area contributed by atoms with E-state index in [0.29, 0.717) is 24.7 Å². The van der Waals surface area contributed by atoms with Crippen LogP contribution in [0, 0.1) is 0 Å². The van der Waals surface area contributed by atoms with Gasteiger partial charge in [0.15, 0.2) is 0 Å². The molecular weight excluding hydrogens is 266 g/mol. The number of hydrogen-bond acceptors (Lipinski definition) is 5. The van der Waals surface area contributed by atoms with Gasteiger partial charge in [0.1, 0.15) is 5.60 Å². The molecule has 0 atom stereocenters. The van der Waals surface area contributed by atoms with E-state index in [1.54, 1.807) is 0 Å². The van der Waals surface area contributed by atoms with Gasteiger partial charge < -0.3 is 15.0 Å². The van der Waals surface area contributed by atoms with E-state index in [1.165, 1.54) is 0 Å². The monoisotopic (exact) mass is 289 g/mol.